The Kier molecular flexibility index (Phi) is 5.37. The molecule has 0 amide bonds. The molecule has 1 unspecified atom stereocenters. The highest BCUT2D eigenvalue weighted by molar-refractivity contribution is 5.73. The summed E-state index contributed by atoms with van der Waals surface area (Å²) in [5.41, 5.74) is 0. The SMILES string of the molecule is C=NCCC(NCC)C(=O)O. The fourth-order valence-corrected chi connectivity index (χ4v) is 0.780. The largest absolute Gasteiger partial charge is 0.480 e. The van der Waals surface area contributed by atoms with Gasteiger partial charge in [0.05, 0.1) is 0 Å². The maximum absolute atomic E-state index is 10.5. The van der Waals surface area contributed by atoms with E-state index in [2.05, 4.69) is 17.0 Å². The number of carboxylic acids is 1. The Labute approximate surface area is 66.3 Å². The minimum atomic E-state index is -0.824. The minimum Gasteiger partial charge on any atom is -0.480 e. The Hall–Kier alpha value is -0.900. The Morgan fingerprint density at radius 1 is 1.82 bits per heavy atom. The molecule has 2 N–H and O–H groups in total. The van der Waals surface area contributed by atoms with Crippen LogP contribution in [0.5, 0.6) is 0 Å². The first-order valence-electron chi connectivity index (χ1n) is 3.61. The van der Waals surface area contributed by atoms with Gasteiger partial charge in [0.1, 0.15) is 6.04 Å². The molecule has 0 aliphatic rings. The Bertz CT molecular complexity index is 136. The van der Waals surface area contributed by atoms with E-state index in [9.17, 15) is 4.79 Å². The van der Waals surface area contributed by atoms with Crippen LogP contribution in [-0.4, -0.2) is 36.9 Å². The number of hydrogen-bond acceptors (Lipinski definition) is 3. The first kappa shape index (κ1) is 10.1. The third kappa shape index (κ3) is 4.50. The van der Waals surface area contributed by atoms with E-state index < -0.39 is 12.0 Å². The molecule has 0 rings (SSSR count). The normalized spacial score (nSPS) is 12.5. The minimum absolute atomic E-state index is 0.481. The maximum Gasteiger partial charge on any atom is 0.320 e. The van der Waals surface area contributed by atoms with Gasteiger partial charge in [-0.05, 0) is 19.7 Å². The molecule has 0 fully saturated rings. The van der Waals surface area contributed by atoms with Crippen LogP contribution < -0.4 is 5.32 Å². The lowest BCUT2D eigenvalue weighted by Gasteiger charge is -2.10. The van der Waals surface area contributed by atoms with Gasteiger partial charge >= 0.3 is 5.97 Å². The summed E-state index contributed by atoms with van der Waals surface area (Å²) in [5.74, 6) is -0.824. The topological polar surface area (TPSA) is 61.7 Å². The smallest absolute Gasteiger partial charge is 0.320 e. The summed E-state index contributed by atoms with van der Waals surface area (Å²) in [6.07, 6.45) is 0.507. The van der Waals surface area contributed by atoms with Crippen molar-refractivity contribution < 1.29 is 9.90 Å². The second-order valence-corrected chi connectivity index (χ2v) is 2.18. The summed E-state index contributed by atoms with van der Waals surface area (Å²) in [4.78, 5) is 14.1. The fraction of sp³-hybridized carbons (Fsp3) is 0.714. The number of aliphatic carboxylic acids is 1. The van der Waals surface area contributed by atoms with Gasteiger partial charge in [0.15, 0.2) is 0 Å². The molecule has 0 bridgehead atoms. The highest BCUT2D eigenvalue weighted by Gasteiger charge is 2.13. The number of carboxylic acid groups (broad SMARTS) is 1. The molecule has 0 aliphatic heterocycles. The van der Waals surface area contributed by atoms with E-state index in [1.165, 1.54) is 0 Å². The van der Waals surface area contributed by atoms with E-state index in [0.29, 0.717) is 19.5 Å². The predicted octanol–water partition coefficient (Wildman–Crippen LogP) is 0.140. The molecule has 0 aliphatic carbocycles. The zero-order valence-electron chi connectivity index (χ0n) is 6.71. The molecule has 0 saturated heterocycles. The van der Waals surface area contributed by atoms with E-state index in [1.807, 2.05) is 6.92 Å². The lowest BCUT2D eigenvalue weighted by atomic mass is 10.2. The van der Waals surface area contributed by atoms with Crippen LogP contribution in [0.3, 0.4) is 0 Å². The molecule has 0 heterocycles. The van der Waals surface area contributed by atoms with Crippen molar-refractivity contribution in [2.24, 2.45) is 4.99 Å². The van der Waals surface area contributed by atoms with Crippen molar-refractivity contribution in [3.05, 3.63) is 0 Å². The van der Waals surface area contributed by atoms with Crippen molar-refractivity contribution >= 4 is 12.7 Å². The van der Waals surface area contributed by atoms with Gasteiger partial charge in [0.2, 0.25) is 0 Å². The standard InChI is InChI=1S/C7H14N2O2/c1-3-9-6(7(10)11)4-5-8-2/h6,9H,2-5H2,1H3,(H,10,11). The van der Waals surface area contributed by atoms with Crippen molar-refractivity contribution in [1.82, 2.24) is 5.32 Å². The zero-order chi connectivity index (χ0) is 8.69. The van der Waals surface area contributed by atoms with Crippen LogP contribution in [0, 0.1) is 0 Å². The van der Waals surface area contributed by atoms with Crippen LogP contribution in [0.15, 0.2) is 4.99 Å². The average molecular weight is 158 g/mol. The van der Waals surface area contributed by atoms with Crippen molar-refractivity contribution in [1.29, 1.82) is 0 Å². The van der Waals surface area contributed by atoms with E-state index in [0.717, 1.165) is 0 Å². The molecule has 0 saturated carbocycles. The molecule has 11 heavy (non-hydrogen) atoms. The molecule has 0 aromatic carbocycles. The molecule has 0 aromatic rings. The number of likely N-dealkylation sites (N-methyl/N-ethyl adjacent to an activating group) is 1. The number of nitrogens with one attached hydrogen (secondary N) is 1. The lowest BCUT2D eigenvalue weighted by Crippen LogP contribution is -2.36. The molecule has 4 nitrogen and oxygen atoms in total. The maximum atomic E-state index is 10.5. The van der Waals surface area contributed by atoms with Crippen LogP contribution in [0.25, 0.3) is 0 Å². The molecule has 1 atom stereocenters. The molecular weight excluding hydrogens is 144 g/mol. The summed E-state index contributed by atoms with van der Waals surface area (Å²) >= 11 is 0. The van der Waals surface area contributed by atoms with Gasteiger partial charge in [-0.25, -0.2) is 0 Å². The van der Waals surface area contributed by atoms with Crippen molar-refractivity contribution in [2.75, 3.05) is 13.1 Å². The van der Waals surface area contributed by atoms with Crippen LogP contribution >= 0.6 is 0 Å². The number of carbonyl (C=O) groups is 1. The third-order valence-electron chi connectivity index (χ3n) is 1.32. The van der Waals surface area contributed by atoms with Crippen LogP contribution in [0.1, 0.15) is 13.3 Å². The molecule has 0 radical (unpaired) electrons. The number of rotatable bonds is 6. The zero-order valence-corrected chi connectivity index (χ0v) is 6.71. The van der Waals surface area contributed by atoms with Gasteiger partial charge in [-0.3, -0.25) is 4.79 Å². The summed E-state index contributed by atoms with van der Waals surface area (Å²) < 4.78 is 0. The lowest BCUT2D eigenvalue weighted by molar-refractivity contribution is -0.139. The van der Waals surface area contributed by atoms with E-state index in [1.54, 1.807) is 0 Å². The third-order valence-corrected chi connectivity index (χ3v) is 1.32. The van der Waals surface area contributed by atoms with Crippen LogP contribution in [0.4, 0.5) is 0 Å². The Morgan fingerprint density at radius 2 is 2.45 bits per heavy atom. The number of hydrogen-bond donors (Lipinski definition) is 2. The summed E-state index contributed by atoms with van der Waals surface area (Å²) in [7, 11) is 0. The van der Waals surface area contributed by atoms with Gasteiger partial charge in [-0.1, -0.05) is 6.92 Å². The van der Waals surface area contributed by atoms with E-state index >= 15 is 0 Å². The predicted molar refractivity (Wildman–Crippen MR) is 44.1 cm³/mol. The molecule has 4 heteroatoms. The van der Waals surface area contributed by atoms with Crippen molar-refractivity contribution in [3.63, 3.8) is 0 Å². The average Bonchev–Trinajstić information content (AvgIpc) is 1.97. The Morgan fingerprint density at radius 3 is 2.82 bits per heavy atom. The molecule has 0 spiro atoms. The first-order valence-corrected chi connectivity index (χ1v) is 3.61. The highest BCUT2D eigenvalue weighted by atomic mass is 16.4. The molecule has 64 valence electrons. The van der Waals surface area contributed by atoms with E-state index in [4.69, 9.17) is 5.11 Å². The Balaban J connectivity index is 3.68. The highest BCUT2D eigenvalue weighted by Crippen LogP contribution is 1.91. The first-order chi connectivity index (χ1) is 5.22. The number of aliphatic imine (C=N–C) groups is 1. The summed E-state index contributed by atoms with van der Waals surface area (Å²) in [6, 6.07) is -0.481. The quantitative estimate of drug-likeness (QED) is 0.540. The van der Waals surface area contributed by atoms with Crippen molar-refractivity contribution in [2.45, 2.75) is 19.4 Å². The van der Waals surface area contributed by atoms with E-state index in [-0.39, 0.29) is 0 Å². The van der Waals surface area contributed by atoms with Crippen LogP contribution in [-0.2, 0) is 4.79 Å². The van der Waals surface area contributed by atoms with Gasteiger partial charge < -0.3 is 15.4 Å². The van der Waals surface area contributed by atoms with Crippen LogP contribution in [0.2, 0.25) is 0 Å². The van der Waals surface area contributed by atoms with Gasteiger partial charge in [0.25, 0.3) is 0 Å². The second kappa shape index (κ2) is 5.85. The van der Waals surface area contributed by atoms with Crippen molar-refractivity contribution in [3.8, 4) is 0 Å². The summed E-state index contributed by atoms with van der Waals surface area (Å²) in [5, 5.41) is 11.4. The van der Waals surface area contributed by atoms with Gasteiger partial charge in [-0.2, -0.15) is 0 Å². The van der Waals surface area contributed by atoms with Gasteiger partial charge in [0, 0.05) is 6.54 Å². The molecular formula is C7H14N2O2. The van der Waals surface area contributed by atoms with Gasteiger partial charge in [-0.15, -0.1) is 0 Å². The summed E-state index contributed by atoms with van der Waals surface area (Å²) in [6.45, 7) is 6.30. The molecule has 0 aromatic heterocycles. The monoisotopic (exact) mass is 158 g/mol. The number of nitrogens with zero attached hydrogens (tertiary/aromatic N) is 1. The fourth-order valence-electron chi connectivity index (χ4n) is 0.780. The second-order valence-electron chi connectivity index (χ2n) is 2.18.